The van der Waals surface area contributed by atoms with Gasteiger partial charge in [0.25, 0.3) is 0 Å². The predicted octanol–water partition coefficient (Wildman–Crippen LogP) is 0.0910. The number of hydrogen-bond acceptors (Lipinski definition) is 3. The van der Waals surface area contributed by atoms with Crippen molar-refractivity contribution in [3.63, 3.8) is 0 Å². The highest BCUT2D eigenvalue weighted by Crippen LogP contribution is 1.97. The zero-order valence-corrected chi connectivity index (χ0v) is 4.68. The third kappa shape index (κ3) is 0.591. The van der Waals surface area contributed by atoms with E-state index >= 15 is 0 Å². The van der Waals surface area contributed by atoms with Crippen LogP contribution >= 0.6 is 0 Å². The molecule has 0 atom stereocenters. The van der Waals surface area contributed by atoms with Crippen molar-refractivity contribution in [2.75, 3.05) is 7.05 Å². The first-order valence-electron chi connectivity index (χ1n) is 2.27. The van der Waals surface area contributed by atoms with Gasteiger partial charge in [-0.3, -0.25) is 0 Å². The van der Waals surface area contributed by atoms with Crippen LogP contribution in [0, 0.1) is 0 Å². The minimum absolute atomic E-state index is 0.796. The average Bonchev–Trinajstić information content (AvgIpc) is 2.14. The van der Waals surface area contributed by atoms with E-state index < -0.39 is 0 Å². The molecule has 3 heteroatoms. The van der Waals surface area contributed by atoms with E-state index in [9.17, 15) is 0 Å². The lowest BCUT2D eigenvalue weighted by atomic mass is 10.7. The standard InChI is InChI=1S/C5H7N3/c1-3-5-6-4-7-8(5)2/h4H,1H2,2H3,(H,6,7). The molecule has 0 saturated carbocycles. The summed E-state index contributed by atoms with van der Waals surface area (Å²) < 4.78 is 0. The summed E-state index contributed by atoms with van der Waals surface area (Å²) in [5.41, 5.74) is 2.67. The molecule has 1 rings (SSSR count). The topological polar surface area (TPSA) is 27.6 Å². The van der Waals surface area contributed by atoms with Gasteiger partial charge in [-0.05, 0) is 0 Å². The highest BCUT2D eigenvalue weighted by Gasteiger charge is 2.02. The number of hydrogen-bond donors (Lipinski definition) is 1. The fraction of sp³-hybridized carbons (Fsp3) is 0.200. The molecule has 0 radical (unpaired) electrons. The van der Waals surface area contributed by atoms with E-state index in [0.29, 0.717) is 0 Å². The van der Waals surface area contributed by atoms with Crippen LogP contribution in [0.2, 0.25) is 0 Å². The molecule has 1 N–H and O–H groups in total. The molecule has 3 nitrogen and oxygen atoms in total. The SMILES string of the molecule is C=C=C1NC=NN1C. The Bertz CT molecular complexity index is 165. The number of hydrazone groups is 1. The van der Waals surface area contributed by atoms with E-state index in [0.717, 1.165) is 5.82 Å². The Balaban J connectivity index is 2.79. The second-order valence-corrected chi connectivity index (χ2v) is 1.44. The largest absolute Gasteiger partial charge is 0.323 e. The van der Waals surface area contributed by atoms with E-state index in [1.54, 1.807) is 11.3 Å². The van der Waals surface area contributed by atoms with Crippen molar-refractivity contribution in [3.05, 3.63) is 18.1 Å². The van der Waals surface area contributed by atoms with Crippen molar-refractivity contribution in [2.45, 2.75) is 0 Å². The van der Waals surface area contributed by atoms with Gasteiger partial charge in [0.15, 0.2) is 5.82 Å². The normalized spacial score (nSPS) is 16.1. The van der Waals surface area contributed by atoms with Crippen LogP contribution in [-0.2, 0) is 0 Å². The molecule has 1 aliphatic heterocycles. The predicted molar refractivity (Wildman–Crippen MR) is 32.0 cm³/mol. The van der Waals surface area contributed by atoms with Crippen molar-refractivity contribution in [1.29, 1.82) is 0 Å². The van der Waals surface area contributed by atoms with Gasteiger partial charge in [-0.1, -0.05) is 12.3 Å². The van der Waals surface area contributed by atoms with Crippen LogP contribution in [-0.4, -0.2) is 18.4 Å². The molecule has 0 aromatic heterocycles. The van der Waals surface area contributed by atoms with Crippen LogP contribution in [0.4, 0.5) is 0 Å². The fourth-order valence-electron chi connectivity index (χ4n) is 0.493. The van der Waals surface area contributed by atoms with E-state index in [1.165, 1.54) is 0 Å². The summed E-state index contributed by atoms with van der Waals surface area (Å²) in [4.78, 5) is 0. The van der Waals surface area contributed by atoms with Crippen molar-refractivity contribution >= 4 is 6.34 Å². The number of nitrogens with one attached hydrogen (secondary N) is 1. The van der Waals surface area contributed by atoms with Crippen LogP contribution in [0.1, 0.15) is 0 Å². The van der Waals surface area contributed by atoms with Gasteiger partial charge in [-0.2, -0.15) is 5.10 Å². The molecular formula is C5H7N3. The Morgan fingerprint density at radius 1 is 2.00 bits per heavy atom. The Morgan fingerprint density at radius 3 is 3.00 bits per heavy atom. The summed E-state index contributed by atoms with van der Waals surface area (Å²) in [5.74, 6) is 0.796. The van der Waals surface area contributed by atoms with Gasteiger partial charge in [-0.15, -0.1) is 0 Å². The summed E-state index contributed by atoms with van der Waals surface area (Å²) in [5, 5.41) is 8.34. The molecule has 1 heterocycles. The molecule has 0 amide bonds. The quantitative estimate of drug-likeness (QED) is 0.446. The molecule has 0 fully saturated rings. The Labute approximate surface area is 48.0 Å². The summed E-state index contributed by atoms with van der Waals surface area (Å²) in [6.07, 6.45) is 1.59. The molecule has 0 saturated heterocycles. The van der Waals surface area contributed by atoms with Gasteiger partial charge >= 0.3 is 0 Å². The zero-order valence-electron chi connectivity index (χ0n) is 4.68. The van der Waals surface area contributed by atoms with Crippen molar-refractivity contribution in [3.8, 4) is 0 Å². The third-order valence-electron chi connectivity index (χ3n) is 0.923. The van der Waals surface area contributed by atoms with Crippen LogP contribution in [0.25, 0.3) is 0 Å². The zero-order chi connectivity index (χ0) is 5.98. The highest BCUT2D eigenvalue weighted by atomic mass is 15.5. The van der Waals surface area contributed by atoms with Crippen molar-refractivity contribution in [1.82, 2.24) is 10.3 Å². The van der Waals surface area contributed by atoms with Gasteiger partial charge in [0, 0.05) is 7.05 Å². The van der Waals surface area contributed by atoms with Gasteiger partial charge in [-0.25, -0.2) is 5.01 Å². The summed E-state index contributed by atoms with van der Waals surface area (Å²) in [6.45, 7) is 3.45. The molecule has 0 aromatic rings. The Kier molecular flexibility index (Phi) is 1.06. The van der Waals surface area contributed by atoms with Crippen LogP contribution in [0.3, 0.4) is 0 Å². The van der Waals surface area contributed by atoms with Crippen LogP contribution in [0.15, 0.2) is 23.2 Å². The van der Waals surface area contributed by atoms with E-state index in [2.05, 4.69) is 22.7 Å². The van der Waals surface area contributed by atoms with E-state index in [4.69, 9.17) is 0 Å². The van der Waals surface area contributed by atoms with Crippen LogP contribution < -0.4 is 5.32 Å². The smallest absolute Gasteiger partial charge is 0.171 e. The molecule has 0 unspecified atom stereocenters. The first-order chi connectivity index (χ1) is 3.84. The maximum absolute atomic E-state index is 3.85. The third-order valence-corrected chi connectivity index (χ3v) is 0.923. The summed E-state index contributed by atoms with van der Waals surface area (Å²) in [6, 6.07) is 0. The van der Waals surface area contributed by atoms with Gasteiger partial charge < -0.3 is 5.32 Å². The Hall–Kier alpha value is -1.21. The number of nitrogens with zero attached hydrogens (tertiary/aromatic N) is 2. The first kappa shape index (κ1) is 4.94. The fourth-order valence-corrected chi connectivity index (χ4v) is 0.493. The summed E-state index contributed by atoms with van der Waals surface area (Å²) in [7, 11) is 1.82. The second-order valence-electron chi connectivity index (χ2n) is 1.44. The minimum atomic E-state index is 0.796. The van der Waals surface area contributed by atoms with E-state index in [-0.39, 0.29) is 0 Å². The molecule has 0 aromatic carbocycles. The number of rotatable bonds is 0. The van der Waals surface area contributed by atoms with Crippen molar-refractivity contribution < 1.29 is 0 Å². The Morgan fingerprint density at radius 2 is 2.75 bits per heavy atom. The maximum atomic E-state index is 3.85. The summed E-state index contributed by atoms with van der Waals surface area (Å²) >= 11 is 0. The molecular weight excluding hydrogens is 102 g/mol. The molecule has 0 spiro atoms. The van der Waals surface area contributed by atoms with Gasteiger partial charge in [0.1, 0.15) is 6.34 Å². The van der Waals surface area contributed by atoms with Gasteiger partial charge in [0.2, 0.25) is 0 Å². The van der Waals surface area contributed by atoms with Gasteiger partial charge in [0.05, 0.1) is 0 Å². The first-order valence-corrected chi connectivity index (χ1v) is 2.27. The highest BCUT2D eigenvalue weighted by molar-refractivity contribution is 5.59. The lowest BCUT2D eigenvalue weighted by Crippen LogP contribution is -2.12. The molecule has 0 bridgehead atoms. The molecule has 42 valence electrons. The van der Waals surface area contributed by atoms with Crippen LogP contribution in [0.5, 0.6) is 0 Å². The molecule has 8 heavy (non-hydrogen) atoms. The maximum Gasteiger partial charge on any atom is 0.171 e. The lowest BCUT2D eigenvalue weighted by molar-refractivity contribution is 0.459. The van der Waals surface area contributed by atoms with E-state index in [1.807, 2.05) is 7.05 Å². The molecule has 1 aliphatic rings. The molecule has 0 aliphatic carbocycles. The minimum Gasteiger partial charge on any atom is -0.323 e. The lowest BCUT2D eigenvalue weighted by Gasteiger charge is -2.03. The monoisotopic (exact) mass is 109 g/mol. The average molecular weight is 109 g/mol. The van der Waals surface area contributed by atoms with Crippen molar-refractivity contribution in [2.24, 2.45) is 5.10 Å². The second kappa shape index (κ2) is 1.72.